The summed E-state index contributed by atoms with van der Waals surface area (Å²) < 4.78 is 10.5. The first kappa shape index (κ1) is 19.9. The summed E-state index contributed by atoms with van der Waals surface area (Å²) in [7, 11) is 0. The topological polar surface area (TPSA) is 101 Å². The molecule has 1 aromatic rings. The lowest BCUT2D eigenvalue weighted by Gasteiger charge is -2.25. The fourth-order valence-corrected chi connectivity index (χ4v) is 2.41. The SMILES string of the molecule is CC(C)(C)OC(=O)N[C@@H](Cc1nc(C#N)cs1)C(=O)OC(C)(C)C. The summed E-state index contributed by atoms with van der Waals surface area (Å²) in [6.45, 7) is 10.4. The molecule has 24 heavy (non-hydrogen) atoms. The number of thiazole rings is 1. The lowest BCUT2D eigenvalue weighted by Crippen LogP contribution is -2.47. The normalized spacial score (nSPS) is 12.9. The lowest BCUT2D eigenvalue weighted by atomic mass is 10.1. The van der Waals surface area contributed by atoms with Crippen molar-refractivity contribution in [3.05, 3.63) is 16.1 Å². The highest BCUT2D eigenvalue weighted by atomic mass is 32.1. The molecule has 0 aliphatic heterocycles. The van der Waals surface area contributed by atoms with E-state index in [4.69, 9.17) is 14.7 Å². The van der Waals surface area contributed by atoms with Crippen molar-refractivity contribution in [2.75, 3.05) is 0 Å². The Balaban J connectivity index is 2.88. The number of nitriles is 1. The second-order valence-electron chi connectivity index (χ2n) is 7.17. The van der Waals surface area contributed by atoms with Crippen LogP contribution in [0.1, 0.15) is 52.2 Å². The first-order chi connectivity index (χ1) is 10.9. The molecule has 0 bridgehead atoms. The van der Waals surface area contributed by atoms with Gasteiger partial charge in [-0.1, -0.05) is 0 Å². The third-order valence-corrected chi connectivity index (χ3v) is 3.30. The van der Waals surface area contributed by atoms with E-state index >= 15 is 0 Å². The molecular weight excluding hydrogens is 330 g/mol. The van der Waals surface area contributed by atoms with Crippen LogP contribution in [-0.2, 0) is 20.7 Å². The number of esters is 1. The van der Waals surface area contributed by atoms with Crippen molar-refractivity contribution < 1.29 is 19.1 Å². The Labute approximate surface area is 146 Å². The van der Waals surface area contributed by atoms with Gasteiger partial charge < -0.3 is 14.8 Å². The molecule has 1 heterocycles. The lowest BCUT2D eigenvalue weighted by molar-refractivity contribution is -0.157. The fraction of sp³-hybridized carbons (Fsp3) is 0.625. The van der Waals surface area contributed by atoms with E-state index in [1.807, 2.05) is 6.07 Å². The largest absolute Gasteiger partial charge is 0.458 e. The van der Waals surface area contributed by atoms with E-state index in [9.17, 15) is 9.59 Å². The van der Waals surface area contributed by atoms with Gasteiger partial charge >= 0.3 is 12.1 Å². The van der Waals surface area contributed by atoms with Gasteiger partial charge in [-0.3, -0.25) is 0 Å². The highest BCUT2D eigenvalue weighted by Crippen LogP contribution is 2.15. The van der Waals surface area contributed by atoms with Crippen LogP contribution in [0.15, 0.2) is 5.38 Å². The molecule has 0 unspecified atom stereocenters. The van der Waals surface area contributed by atoms with E-state index in [1.165, 1.54) is 11.3 Å². The van der Waals surface area contributed by atoms with E-state index < -0.39 is 29.3 Å². The molecule has 1 amide bonds. The Morgan fingerprint density at radius 2 is 1.83 bits per heavy atom. The molecule has 0 radical (unpaired) electrons. The molecule has 132 valence electrons. The molecular formula is C16H23N3O4S. The molecule has 7 nitrogen and oxygen atoms in total. The smallest absolute Gasteiger partial charge is 0.408 e. The molecule has 1 aromatic heterocycles. The van der Waals surface area contributed by atoms with Gasteiger partial charge in [0.2, 0.25) is 0 Å². The zero-order valence-corrected chi connectivity index (χ0v) is 15.6. The highest BCUT2D eigenvalue weighted by molar-refractivity contribution is 7.09. The van der Waals surface area contributed by atoms with Crippen molar-refractivity contribution in [3.8, 4) is 6.07 Å². The molecule has 1 rings (SSSR count). The number of carbonyl (C=O) groups is 2. The van der Waals surface area contributed by atoms with E-state index in [1.54, 1.807) is 46.9 Å². The maximum Gasteiger partial charge on any atom is 0.408 e. The van der Waals surface area contributed by atoms with Gasteiger partial charge in [-0.25, -0.2) is 14.6 Å². The summed E-state index contributed by atoms with van der Waals surface area (Å²) in [6.07, 6.45) is -0.587. The van der Waals surface area contributed by atoms with Crippen LogP contribution in [0.25, 0.3) is 0 Å². The number of aromatic nitrogens is 1. The van der Waals surface area contributed by atoms with Crippen LogP contribution >= 0.6 is 11.3 Å². The third kappa shape index (κ3) is 7.42. The maximum atomic E-state index is 12.4. The van der Waals surface area contributed by atoms with Crippen molar-refractivity contribution >= 4 is 23.4 Å². The Hall–Kier alpha value is -2.14. The zero-order valence-electron chi connectivity index (χ0n) is 14.8. The highest BCUT2D eigenvalue weighted by Gasteiger charge is 2.29. The van der Waals surface area contributed by atoms with Gasteiger partial charge in [0, 0.05) is 11.8 Å². The number of nitrogens with zero attached hydrogens (tertiary/aromatic N) is 2. The number of ether oxygens (including phenoxy) is 2. The number of carbonyl (C=O) groups excluding carboxylic acids is 2. The number of amides is 1. The molecule has 8 heteroatoms. The van der Waals surface area contributed by atoms with Crippen molar-refractivity contribution in [2.24, 2.45) is 0 Å². The van der Waals surface area contributed by atoms with Gasteiger partial charge in [-0.15, -0.1) is 11.3 Å². The number of alkyl carbamates (subject to hydrolysis) is 1. The van der Waals surface area contributed by atoms with Crippen molar-refractivity contribution in [3.63, 3.8) is 0 Å². The number of nitrogens with one attached hydrogen (secondary N) is 1. The number of hydrogen-bond acceptors (Lipinski definition) is 7. The van der Waals surface area contributed by atoms with Crippen LogP contribution in [0, 0.1) is 11.3 Å². The monoisotopic (exact) mass is 353 g/mol. The summed E-state index contributed by atoms with van der Waals surface area (Å²) >= 11 is 1.24. The first-order valence-corrected chi connectivity index (χ1v) is 8.34. The van der Waals surface area contributed by atoms with Crippen LogP contribution in [0.2, 0.25) is 0 Å². The molecule has 0 aromatic carbocycles. The summed E-state index contributed by atoms with van der Waals surface area (Å²) in [5.74, 6) is -0.581. The van der Waals surface area contributed by atoms with Crippen LogP contribution in [0.4, 0.5) is 4.79 Å². The Morgan fingerprint density at radius 1 is 1.25 bits per heavy atom. The molecule has 1 N–H and O–H groups in total. The fourth-order valence-electron chi connectivity index (χ4n) is 1.65. The van der Waals surface area contributed by atoms with Crippen LogP contribution in [0.5, 0.6) is 0 Å². The quantitative estimate of drug-likeness (QED) is 0.835. The van der Waals surface area contributed by atoms with Crippen molar-refractivity contribution in [1.82, 2.24) is 10.3 Å². The van der Waals surface area contributed by atoms with Gasteiger partial charge in [0.05, 0.1) is 5.01 Å². The second kappa shape index (κ2) is 7.62. The van der Waals surface area contributed by atoms with Crippen LogP contribution in [0.3, 0.4) is 0 Å². The van der Waals surface area contributed by atoms with Gasteiger partial charge in [0.15, 0.2) is 5.69 Å². The predicted molar refractivity (Wildman–Crippen MR) is 89.5 cm³/mol. The minimum absolute atomic E-state index is 0.125. The average Bonchev–Trinajstić information content (AvgIpc) is 2.81. The van der Waals surface area contributed by atoms with Crippen molar-refractivity contribution in [2.45, 2.75) is 65.2 Å². The van der Waals surface area contributed by atoms with E-state index in [0.717, 1.165) is 0 Å². The molecule has 0 aliphatic carbocycles. The average molecular weight is 353 g/mol. The maximum absolute atomic E-state index is 12.4. The zero-order chi connectivity index (χ0) is 18.5. The van der Waals surface area contributed by atoms with E-state index in [2.05, 4.69) is 10.3 Å². The summed E-state index contributed by atoms with van der Waals surface area (Å²) in [4.78, 5) is 28.4. The Morgan fingerprint density at radius 3 is 2.29 bits per heavy atom. The molecule has 0 saturated carbocycles. The minimum Gasteiger partial charge on any atom is -0.458 e. The number of hydrogen-bond donors (Lipinski definition) is 1. The summed E-state index contributed by atoms with van der Waals surface area (Å²) in [5, 5.41) is 13.5. The van der Waals surface area contributed by atoms with Gasteiger partial charge in [-0.05, 0) is 41.5 Å². The van der Waals surface area contributed by atoms with Gasteiger partial charge in [0.1, 0.15) is 23.3 Å². The molecule has 0 fully saturated rings. The molecule has 1 atom stereocenters. The van der Waals surface area contributed by atoms with Gasteiger partial charge in [0.25, 0.3) is 0 Å². The van der Waals surface area contributed by atoms with E-state index in [0.29, 0.717) is 5.01 Å². The minimum atomic E-state index is -0.947. The molecule has 0 aliphatic rings. The molecule has 0 saturated heterocycles. The summed E-state index contributed by atoms with van der Waals surface area (Å²) in [6, 6.07) is 0.984. The number of rotatable bonds is 4. The third-order valence-electron chi connectivity index (χ3n) is 2.43. The van der Waals surface area contributed by atoms with E-state index in [-0.39, 0.29) is 12.1 Å². The molecule has 0 spiro atoms. The Kier molecular flexibility index (Phi) is 6.32. The second-order valence-corrected chi connectivity index (χ2v) is 8.12. The van der Waals surface area contributed by atoms with Gasteiger partial charge in [-0.2, -0.15) is 5.26 Å². The van der Waals surface area contributed by atoms with Crippen LogP contribution < -0.4 is 5.32 Å². The standard InChI is InChI=1S/C16H23N3O4S/c1-15(2,3)22-13(20)11(19-14(21)23-16(4,5)6)7-12-18-10(8-17)9-24-12/h9,11H,7H2,1-6H3,(H,19,21)/t11-/m0/s1. The summed E-state index contributed by atoms with van der Waals surface area (Å²) in [5.41, 5.74) is -1.10. The first-order valence-electron chi connectivity index (χ1n) is 7.46. The van der Waals surface area contributed by atoms with Crippen molar-refractivity contribution in [1.29, 1.82) is 5.26 Å². The Bertz CT molecular complexity index is 635. The van der Waals surface area contributed by atoms with Crippen LogP contribution in [-0.4, -0.2) is 34.3 Å². The predicted octanol–water partition coefficient (Wildman–Crippen LogP) is 2.79.